The normalized spacial score (nSPS) is 22.8. The summed E-state index contributed by atoms with van der Waals surface area (Å²) >= 11 is 6.51. The van der Waals surface area contributed by atoms with Gasteiger partial charge in [0.25, 0.3) is 0 Å². The number of ether oxygens (including phenoxy) is 2. The zero-order valence-corrected chi connectivity index (χ0v) is 15.0. The second-order valence-electron chi connectivity index (χ2n) is 7.06. The highest BCUT2D eigenvalue weighted by molar-refractivity contribution is 6.21. The minimum atomic E-state index is -0.827. The van der Waals surface area contributed by atoms with Gasteiger partial charge in [0.05, 0.1) is 18.6 Å². The van der Waals surface area contributed by atoms with E-state index in [1.165, 1.54) is 48.4 Å². The summed E-state index contributed by atoms with van der Waals surface area (Å²) < 4.78 is 12.1. The number of hydrogen-bond acceptors (Lipinski definition) is 2. The molecule has 1 saturated heterocycles. The van der Waals surface area contributed by atoms with Gasteiger partial charge in [0.1, 0.15) is 0 Å². The van der Waals surface area contributed by atoms with Gasteiger partial charge in [0.15, 0.2) is 0 Å². The first-order chi connectivity index (χ1) is 11.7. The van der Waals surface area contributed by atoms with Gasteiger partial charge in [0, 0.05) is 5.56 Å². The molecule has 3 heteroatoms. The quantitative estimate of drug-likeness (QED) is 0.663. The van der Waals surface area contributed by atoms with Crippen LogP contribution >= 0.6 is 11.6 Å². The van der Waals surface area contributed by atoms with Gasteiger partial charge in [-0.1, -0.05) is 55.7 Å². The SMILES string of the molecule is C[C@H](Cl)C1(c2ccc(C3CCCCC3)c3ccccc23)OCCO1. The molecule has 0 bridgehead atoms. The van der Waals surface area contributed by atoms with E-state index in [0.717, 1.165) is 5.56 Å². The molecule has 1 aliphatic carbocycles. The van der Waals surface area contributed by atoms with E-state index < -0.39 is 5.79 Å². The van der Waals surface area contributed by atoms with E-state index in [0.29, 0.717) is 19.1 Å². The summed E-state index contributed by atoms with van der Waals surface area (Å²) in [6, 6.07) is 13.1. The van der Waals surface area contributed by atoms with Crippen molar-refractivity contribution in [1.29, 1.82) is 0 Å². The number of hydrogen-bond donors (Lipinski definition) is 0. The molecule has 1 heterocycles. The molecule has 128 valence electrons. The molecule has 0 amide bonds. The summed E-state index contributed by atoms with van der Waals surface area (Å²) in [5, 5.41) is 2.30. The van der Waals surface area contributed by atoms with Crippen LogP contribution in [0.15, 0.2) is 36.4 Å². The molecule has 1 atom stereocenters. The van der Waals surface area contributed by atoms with Gasteiger partial charge >= 0.3 is 0 Å². The number of fused-ring (bicyclic) bond motifs is 1. The maximum Gasteiger partial charge on any atom is 0.212 e. The summed E-state index contributed by atoms with van der Waals surface area (Å²) in [6.07, 6.45) is 6.66. The standard InChI is InChI=1S/C21H25ClO2/c1-15(22)21(23-13-14-24-21)20-12-11-17(16-7-3-2-4-8-16)18-9-5-6-10-19(18)20/h5-6,9-12,15-16H,2-4,7-8,13-14H2,1H3/t15-/m0/s1. The second-order valence-corrected chi connectivity index (χ2v) is 7.72. The fourth-order valence-electron chi connectivity index (χ4n) is 4.42. The molecule has 0 spiro atoms. The molecule has 1 aliphatic heterocycles. The van der Waals surface area contributed by atoms with Crippen LogP contribution < -0.4 is 0 Å². The van der Waals surface area contributed by atoms with Crippen molar-refractivity contribution >= 4 is 22.4 Å². The molecule has 0 aromatic heterocycles. The molecule has 0 radical (unpaired) electrons. The van der Waals surface area contributed by atoms with Crippen LogP contribution in [0.4, 0.5) is 0 Å². The molecule has 2 fully saturated rings. The molecule has 4 rings (SSSR count). The minimum absolute atomic E-state index is 0.246. The van der Waals surface area contributed by atoms with Crippen molar-refractivity contribution < 1.29 is 9.47 Å². The van der Waals surface area contributed by atoms with E-state index in [-0.39, 0.29) is 5.38 Å². The van der Waals surface area contributed by atoms with Crippen molar-refractivity contribution in [1.82, 2.24) is 0 Å². The molecular formula is C21H25ClO2. The lowest BCUT2D eigenvalue weighted by Gasteiger charge is -2.32. The molecule has 0 unspecified atom stereocenters. The Hall–Kier alpha value is -1.09. The average Bonchev–Trinajstić information content (AvgIpc) is 3.12. The summed E-state index contributed by atoms with van der Waals surface area (Å²) in [7, 11) is 0. The number of benzene rings is 2. The monoisotopic (exact) mass is 344 g/mol. The second kappa shape index (κ2) is 6.67. The first kappa shape index (κ1) is 16.4. The van der Waals surface area contributed by atoms with Crippen molar-refractivity contribution in [3.63, 3.8) is 0 Å². The number of rotatable bonds is 3. The van der Waals surface area contributed by atoms with Crippen LogP contribution in [0.2, 0.25) is 0 Å². The van der Waals surface area contributed by atoms with Gasteiger partial charge in [-0.15, -0.1) is 11.6 Å². The lowest BCUT2D eigenvalue weighted by molar-refractivity contribution is -0.163. The Morgan fingerprint density at radius 3 is 2.29 bits per heavy atom. The third-order valence-electron chi connectivity index (χ3n) is 5.62. The molecule has 0 N–H and O–H groups in total. The van der Waals surface area contributed by atoms with Gasteiger partial charge in [-0.2, -0.15) is 0 Å². The van der Waals surface area contributed by atoms with E-state index in [9.17, 15) is 0 Å². The zero-order valence-electron chi connectivity index (χ0n) is 14.3. The molecule has 24 heavy (non-hydrogen) atoms. The van der Waals surface area contributed by atoms with Crippen molar-refractivity contribution in [2.45, 2.75) is 56.1 Å². The predicted molar refractivity (Wildman–Crippen MR) is 98.7 cm³/mol. The van der Waals surface area contributed by atoms with E-state index in [2.05, 4.69) is 36.4 Å². The smallest absolute Gasteiger partial charge is 0.212 e. The van der Waals surface area contributed by atoms with Crippen molar-refractivity contribution in [2.24, 2.45) is 0 Å². The molecule has 2 nitrogen and oxygen atoms in total. The van der Waals surface area contributed by atoms with E-state index in [1.54, 1.807) is 0 Å². The molecule has 2 aliphatic rings. The third kappa shape index (κ3) is 2.65. The van der Waals surface area contributed by atoms with Crippen LogP contribution in [0.1, 0.15) is 56.1 Å². The van der Waals surface area contributed by atoms with E-state index >= 15 is 0 Å². The highest BCUT2D eigenvalue weighted by atomic mass is 35.5. The Labute approximate surface area is 149 Å². The van der Waals surface area contributed by atoms with Crippen LogP contribution in [0.5, 0.6) is 0 Å². The highest BCUT2D eigenvalue weighted by Crippen LogP contribution is 2.44. The third-order valence-corrected chi connectivity index (χ3v) is 5.91. The van der Waals surface area contributed by atoms with Crippen LogP contribution in [0.25, 0.3) is 10.8 Å². The summed E-state index contributed by atoms with van der Waals surface area (Å²) in [5.41, 5.74) is 2.54. The average molecular weight is 345 g/mol. The van der Waals surface area contributed by atoms with Crippen molar-refractivity contribution in [2.75, 3.05) is 13.2 Å². The lowest BCUT2D eigenvalue weighted by atomic mass is 9.80. The van der Waals surface area contributed by atoms with Crippen LogP contribution in [-0.4, -0.2) is 18.6 Å². The summed E-state index contributed by atoms with van der Waals surface area (Å²) in [5.74, 6) is -0.154. The Balaban J connectivity index is 1.87. The maximum absolute atomic E-state index is 6.51. The molecule has 1 saturated carbocycles. The Morgan fingerprint density at radius 2 is 1.62 bits per heavy atom. The Bertz CT molecular complexity index is 713. The lowest BCUT2D eigenvalue weighted by Crippen LogP contribution is -2.36. The van der Waals surface area contributed by atoms with Gasteiger partial charge in [-0.3, -0.25) is 0 Å². The fourth-order valence-corrected chi connectivity index (χ4v) is 4.67. The highest BCUT2D eigenvalue weighted by Gasteiger charge is 2.44. The first-order valence-corrected chi connectivity index (χ1v) is 9.60. The fraction of sp³-hybridized carbons (Fsp3) is 0.524. The minimum Gasteiger partial charge on any atom is -0.342 e. The van der Waals surface area contributed by atoms with Crippen molar-refractivity contribution in [3.8, 4) is 0 Å². The summed E-state index contributed by atoms with van der Waals surface area (Å²) in [6.45, 7) is 3.14. The summed E-state index contributed by atoms with van der Waals surface area (Å²) in [4.78, 5) is 0. The first-order valence-electron chi connectivity index (χ1n) is 9.16. The van der Waals surface area contributed by atoms with Gasteiger partial charge in [-0.25, -0.2) is 0 Å². The number of halogens is 1. The number of alkyl halides is 1. The molecule has 2 aromatic rings. The van der Waals surface area contributed by atoms with Gasteiger partial charge < -0.3 is 9.47 Å². The topological polar surface area (TPSA) is 18.5 Å². The zero-order chi connectivity index (χ0) is 16.6. The van der Waals surface area contributed by atoms with Crippen LogP contribution in [-0.2, 0) is 15.3 Å². The van der Waals surface area contributed by atoms with E-state index in [1.807, 2.05) is 6.92 Å². The Kier molecular flexibility index (Phi) is 4.55. The molecular weight excluding hydrogens is 320 g/mol. The Morgan fingerprint density at radius 1 is 0.958 bits per heavy atom. The van der Waals surface area contributed by atoms with E-state index in [4.69, 9.17) is 21.1 Å². The maximum atomic E-state index is 6.51. The van der Waals surface area contributed by atoms with Crippen molar-refractivity contribution in [3.05, 3.63) is 47.5 Å². The molecule has 2 aromatic carbocycles. The van der Waals surface area contributed by atoms with Gasteiger partial charge in [0.2, 0.25) is 5.79 Å². The van der Waals surface area contributed by atoms with Crippen LogP contribution in [0.3, 0.4) is 0 Å². The largest absolute Gasteiger partial charge is 0.342 e. The van der Waals surface area contributed by atoms with Gasteiger partial charge in [-0.05, 0) is 42.0 Å². The van der Waals surface area contributed by atoms with Crippen LogP contribution in [0, 0.1) is 0 Å². The predicted octanol–water partition coefficient (Wildman–Crippen LogP) is 5.71.